The second kappa shape index (κ2) is 36.3. The number of allylic oxidation sites excluding steroid dienone is 12. The zero-order valence-electron chi connectivity index (χ0n) is 39.3. The van der Waals surface area contributed by atoms with Gasteiger partial charge in [0.15, 0.2) is 6.10 Å². The minimum Gasteiger partial charge on any atom is -0.756 e. The first kappa shape index (κ1) is 58.1. The molecule has 0 heterocycles. The number of quaternary nitrogens is 1. The Hall–Kier alpha value is -2.93. The number of carbonyl (C=O) groups excluding carboxylic acids is 2. The van der Waals surface area contributed by atoms with Gasteiger partial charge in [0.25, 0.3) is 7.82 Å². The number of aliphatic hydroxyl groups is 3. The van der Waals surface area contributed by atoms with Crippen LogP contribution in [-0.4, -0.2) is 104 Å². The van der Waals surface area contributed by atoms with Crippen LogP contribution >= 0.6 is 7.82 Å². The van der Waals surface area contributed by atoms with Crippen LogP contribution in [0.4, 0.5) is 0 Å². The lowest BCUT2D eigenvalue weighted by Gasteiger charge is -2.28. The minimum absolute atomic E-state index is 0.0355. The molecule has 7 atom stereocenters. The number of nitrogens with zero attached hydrogens (tertiary/aromatic N) is 1. The van der Waals surface area contributed by atoms with Gasteiger partial charge in [-0.1, -0.05) is 125 Å². The Bertz CT molecular complexity index is 1460. The summed E-state index contributed by atoms with van der Waals surface area (Å²) in [5.41, 5.74) is 0. The molecule has 3 N–H and O–H groups in total. The first-order valence-electron chi connectivity index (χ1n) is 23.6. The molecule has 0 aromatic heterocycles. The molecule has 1 unspecified atom stereocenters. The van der Waals surface area contributed by atoms with Crippen molar-refractivity contribution in [2.45, 2.75) is 160 Å². The summed E-state index contributed by atoms with van der Waals surface area (Å²) in [5, 5.41) is 31.4. The highest BCUT2D eigenvalue weighted by Crippen LogP contribution is 2.38. The number of hydrogen-bond acceptors (Lipinski definition) is 11. The van der Waals surface area contributed by atoms with E-state index < -0.39 is 50.8 Å². The van der Waals surface area contributed by atoms with E-state index in [2.05, 4.69) is 74.6 Å². The van der Waals surface area contributed by atoms with Crippen LogP contribution in [0.15, 0.2) is 85.1 Å². The van der Waals surface area contributed by atoms with E-state index in [4.69, 9.17) is 18.5 Å². The van der Waals surface area contributed by atoms with Crippen LogP contribution < -0.4 is 4.89 Å². The van der Waals surface area contributed by atoms with Crippen LogP contribution in [0.5, 0.6) is 0 Å². The summed E-state index contributed by atoms with van der Waals surface area (Å²) in [6, 6.07) is 0. The predicted octanol–water partition coefficient (Wildman–Crippen LogP) is 9.32. The van der Waals surface area contributed by atoms with Crippen LogP contribution in [0.25, 0.3) is 0 Å². The molecule has 0 aromatic carbocycles. The second-order valence-corrected chi connectivity index (χ2v) is 18.8. The predicted molar refractivity (Wildman–Crippen MR) is 251 cm³/mol. The zero-order chi connectivity index (χ0) is 46.6. The number of aliphatic hydroxyl groups excluding tert-OH is 3. The molecule has 360 valence electrons. The quantitative estimate of drug-likeness (QED) is 0.0178. The Morgan fingerprint density at radius 2 is 1.33 bits per heavy atom. The first-order chi connectivity index (χ1) is 30.2. The Labute approximate surface area is 380 Å². The number of phosphoric ester groups is 1. The SMILES string of the molecule is CC/C=C\C/C=C\C/C=C\C/C=C\C/C=C\CCCCCC(=O)OC[C@H](COP(=O)([O-])OCC[N+](C)(C)C)OC(=O)CCC/C=C/C[C@@H]1[C@@H](/C=C/[C@@H](O)CCCCC)[C@H](O)C[C@@H]1O. The first-order valence-corrected chi connectivity index (χ1v) is 25.0. The lowest BCUT2D eigenvalue weighted by atomic mass is 9.89. The van der Waals surface area contributed by atoms with Crippen molar-refractivity contribution in [2.75, 3.05) is 47.5 Å². The third kappa shape index (κ3) is 33.2. The Morgan fingerprint density at radius 1 is 0.730 bits per heavy atom. The van der Waals surface area contributed by atoms with Gasteiger partial charge in [0.1, 0.15) is 19.8 Å². The van der Waals surface area contributed by atoms with E-state index in [1.54, 1.807) is 6.08 Å². The van der Waals surface area contributed by atoms with Gasteiger partial charge in [-0.3, -0.25) is 14.2 Å². The fraction of sp³-hybridized carbons (Fsp3) is 0.680. The highest BCUT2D eigenvalue weighted by molar-refractivity contribution is 7.45. The number of ether oxygens (including phenoxy) is 2. The summed E-state index contributed by atoms with van der Waals surface area (Å²) >= 11 is 0. The maximum absolute atomic E-state index is 12.8. The van der Waals surface area contributed by atoms with Crippen molar-refractivity contribution in [3.8, 4) is 0 Å². The molecule has 0 aromatic rings. The van der Waals surface area contributed by atoms with Crippen molar-refractivity contribution in [1.82, 2.24) is 0 Å². The second-order valence-electron chi connectivity index (χ2n) is 17.4. The van der Waals surface area contributed by atoms with Crippen LogP contribution in [0.3, 0.4) is 0 Å². The molecule has 1 aliphatic carbocycles. The van der Waals surface area contributed by atoms with Crippen molar-refractivity contribution >= 4 is 19.8 Å². The lowest BCUT2D eigenvalue weighted by Crippen LogP contribution is -2.37. The van der Waals surface area contributed by atoms with Crippen molar-refractivity contribution in [1.29, 1.82) is 0 Å². The standard InChI is InChI=1S/C50H84NO11P/c1-6-8-10-11-12-13-14-15-16-17-18-19-20-21-22-23-24-25-30-34-49(55)59-41-44(42-61-63(57,58)60-39-38-51(3,4)5)62-50(56)35-31-27-26-29-33-45-46(48(54)40-47(45)53)37-36-43(52)32-28-9-7-2/h8,10,12-13,15-16,18-19,21-22,26,29,36-37,43-48,52-54H,6-7,9,11,14,17,20,23-25,27-28,30-35,38-42H2,1-5H3/b10-8-,13-12-,16-15-,19-18-,22-21-,29-26+,37-36+/t43-,44+,45+,46+,47-,48+/m0/s1. The topological polar surface area (TPSA) is 172 Å². The van der Waals surface area contributed by atoms with Gasteiger partial charge in [-0.25, -0.2) is 0 Å². The molecule has 0 amide bonds. The van der Waals surface area contributed by atoms with Gasteiger partial charge >= 0.3 is 11.9 Å². The van der Waals surface area contributed by atoms with Gasteiger partial charge in [0, 0.05) is 25.2 Å². The number of rotatable bonds is 37. The molecule has 13 heteroatoms. The summed E-state index contributed by atoms with van der Waals surface area (Å²) in [7, 11) is 0.982. The minimum atomic E-state index is -4.71. The number of esters is 2. The molecule has 0 spiro atoms. The lowest BCUT2D eigenvalue weighted by molar-refractivity contribution is -0.870. The molecule has 1 aliphatic rings. The van der Waals surface area contributed by atoms with E-state index >= 15 is 0 Å². The average molecular weight is 906 g/mol. The summed E-state index contributed by atoms with van der Waals surface area (Å²) in [6.45, 7) is 3.67. The van der Waals surface area contributed by atoms with E-state index in [0.29, 0.717) is 43.1 Å². The Morgan fingerprint density at radius 3 is 1.97 bits per heavy atom. The number of likely N-dealkylation sites (N-methyl/N-ethyl adjacent to an activating group) is 1. The molecule has 63 heavy (non-hydrogen) atoms. The molecular weight excluding hydrogens is 822 g/mol. The van der Waals surface area contributed by atoms with Crippen LogP contribution in [0.2, 0.25) is 0 Å². The van der Waals surface area contributed by atoms with E-state index in [1.165, 1.54) is 0 Å². The summed E-state index contributed by atoms with van der Waals surface area (Å²) in [5.74, 6) is -1.51. The maximum Gasteiger partial charge on any atom is 0.306 e. The van der Waals surface area contributed by atoms with E-state index in [0.717, 1.165) is 70.6 Å². The molecule has 0 bridgehead atoms. The highest BCUT2D eigenvalue weighted by atomic mass is 31.2. The van der Waals surface area contributed by atoms with Crippen molar-refractivity contribution in [3.63, 3.8) is 0 Å². The Balaban J connectivity index is 2.51. The fourth-order valence-corrected chi connectivity index (χ4v) is 7.46. The molecule has 12 nitrogen and oxygen atoms in total. The van der Waals surface area contributed by atoms with E-state index in [1.807, 2.05) is 39.4 Å². The average Bonchev–Trinajstić information content (AvgIpc) is 3.50. The van der Waals surface area contributed by atoms with Crippen LogP contribution in [-0.2, 0) is 32.7 Å². The molecule has 1 rings (SSSR count). The van der Waals surface area contributed by atoms with E-state index in [9.17, 15) is 34.4 Å². The van der Waals surface area contributed by atoms with Gasteiger partial charge in [0.2, 0.25) is 0 Å². The number of phosphoric acid groups is 1. The Kier molecular flexibility index (Phi) is 33.5. The molecule has 0 aliphatic heterocycles. The van der Waals surface area contributed by atoms with E-state index in [-0.39, 0.29) is 44.3 Å². The number of unbranched alkanes of at least 4 members (excludes halogenated alkanes) is 6. The summed E-state index contributed by atoms with van der Waals surface area (Å²) in [6.07, 6.45) is 39.9. The third-order valence-electron chi connectivity index (χ3n) is 10.5. The van der Waals surface area contributed by atoms with Crippen molar-refractivity contribution in [3.05, 3.63) is 85.1 Å². The largest absolute Gasteiger partial charge is 0.756 e. The fourth-order valence-electron chi connectivity index (χ4n) is 6.73. The normalized spacial score (nSPS) is 20.7. The molecule has 0 saturated heterocycles. The van der Waals surface area contributed by atoms with Gasteiger partial charge in [-0.05, 0) is 83.0 Å². The van der Waals surface area contributed by atoms with Crippen molar-refractivity contribution in [2.24, 2.45) is 11.8 Å². The van der Waals surface area contributed by atoms with Gasteiger partial charge in [-0.15, -0.1) is 0 Å². The monoisotopic (exact) mass is 906 g/mol. The van der Waals surface area contributed by atoms with Gasteiger partial charge in [-0.2, -0.15) is 0 Å². The highest BCUT2D eigenvalue weighted by Gasteiger charge is 2.39. The van der Waals surface area contributed by atoms with Crippen molar-refractivity contribution < 1.29 is 57.4 Å². The van der Waals surface area contributed by atoms with Crippen LogP contribution in [0.1, 0.15) is 136 Å². The maximum atomic E-state index is 12.8. The van der Waals surface area contributed by atoms with Gasteiger partial charge < -0.3 is 43.2 Å². The molecule has 1 fully saturated rings. The zero-order valence-corrected chi connectivity index (χ0v) is 40.2. The smallest absolute Gasteiger partial charge is 0.306 e. The van der Waals surface area contributed by atoms with Crippen LogP contribution in [0, 0.1) is 11.8 Å². The number of hydrogen-bond donors (Lipinski definition) is 3. The third-order valence-corrected chi connectivity index (χ3v) is 11.4. The number of carbonyl (C=O) groups is 2. The summed E-state index contributed by atoms with van der Waals surface area (Å²) in [4.78, 5) is 37.8. The van der Waals surface area contributed by atoms with Gasteiger partial charge in [0.05, 0.1) is 46.1 Å². The summed E-state index contributed by atoms with van der Waals surface area (Å²) < 4.78 is 33.9. The molecular formula is C50H84NO11P. The molecule has 0 radical (unpaired) electrons. The molecule has 1 saturated carbocycles.